The van der Waals surface area contributed by atoms with Crippen molar-refractivity contribution in [2.45, 2.75) is 39.5 Å². The fourth-order valence-corrected chi connectivity index (χ4v) is 2.33. The zero-order chi connectivity index (χ0) is 22.3. The zero-order valence-electron chi connectivity index (χ0n) is 19.2. The molecule has 0 bridgehead atoms. The lowest BCUT2D eigenvalue weighted by Gasteiger charge is -2.16. The maximum atomic E-state index is 11.8. The highest BCUT2D eigenvalue weighted by Crippen LogP contribution is 1.92. The van der Waals surface area contributed by atoms with E-state index in [0.29, 0.717) is 78.7 Å². The summed E-state index contributed by atoms with van der Waals surface area (Å²) in [6.45, 7) is 11.0. The van der Waals surface area contributed by atoms with E-state index in [9.17, 15) is 9.59 Å². The smallest absolute Gasteiger partial charge is 0.221 e. The molecule has 0 unspecified atom stereocenters. The van der Waals surface area contributed by atoms with E-state index >= 15 is 0 Å². The van der Waals surface area contributed by atoms with Gasteiger partial charge in [0.05, 0.1) is 39.6 Å². The molecule has 9 heteroatoms. The van der Waals surface area contributed by atoms with Crippen LogP contribution in [0.4, 0.5) is 0 Å². The lowest BCUT2D eigenvalue weighted by Crippen LogP contribution is -2.34. The van der Waals surface area contributed by atoms with Crippen molar-refractivity contribution < 1.29 is 28.5 Å². The first-order chi connectivity index (χ1) is 14.6. The summed E-state index contributed by atoms with van der Waals surface area (Å²) >= 11 is 0. The summed E-state index contributed by atoms with van der Waals surface area (Å²) in [4.78, 5) is 25.6. The lowest BCUT2D eigenvalue weighted by molar-refractivity contribution is -0.121. The number of amides is 2. The number of hydrogen-bond acceptors (Lipinski definition) is 7. The van der Waals surface area contributed by atoms with Crippen molar-refractivity contribution in [1.29, 1.82) is 0 Å². The minimum Gasteiger partial charge on any atom is -0.379 e. The summed E-state index contributed by atoms with van der Waals surface area (Å²) in [5.74, 6) is -0.0330. The highest BCUT2D eigenvalue weighted by Gasteiger charge is 2.07. The van der Waals surface area contributed by atoms with Gasteiger partial charge in [0.15, 0.2) is 0 Å². The summed E-state index contributed by atoms with van der Waals surface area (Å²) < 4.78 is 21.4. The van der Waals surface area contributed by atoms with Crippen molar-refractivity contribution >= 4 is 11.8 Å². The summed E-state index contributed by atoms with van der Waals surface area (Å²) in [5.41, 5.74) is 0. The Morgan fingerprint density at radius 3 is 1.37 bits per heavy atom. The molecule has 0 saturated carbocycles. The van der Waals surface area contributed by atoms with Crippen LogP contribution in [-0.2, 0) is 28.5 Å². The maximum Gasteiger partial charge on any atom is 0.221 e. The molecule has 0 aliphatic carbocycles. The van der Waals surface area contributed by atoms with E-state index in [2.05, 4.69) is 24.5 Å². The fraction of sp³-hybridized carbons (Fsp3) is 0.905. The summed E-state index contributed by atoms with van der Waals surface area (Å²) in [6, 6.07) is 0. The van der Waals surface area contributed by atoms with Gasteiger partial charge in [-0.25, -0.2) is 0 Å². The first-order valence-corrected chi connectivity index (χ1v) is 11.1. The van der Waals surface area contributed by atoms with Crippen molar-refractivity contribution in [2.24, 2.45) is 0 Å². The van der Waals surface area contributed by atoms with Crippen LogP contribution in [0.15, 0.2) is 0 Å². The topological polar surface area (TPSA) is 98.4 Å². The van der Waals surface area contributed by atoms with Gasteiger partial charge in [-0.1, -0.05) is 13.8 Å². The third-order valence-corrected chi connectivity index (χ3v) is 4.02. The third kappa shape index (κ3) is 21.4. The number of nitrogens with zero attached hydrogens (tertiary/aromatic N) is 1. The van der Waals surface area contributed by atoms with Gasteiger partial charge < -0.3 is 34.5 Å². The number of carbonyl (C=O) groups is 2. The molecule has 0 rings (SSSR count). The minimum absolute atomic E-state index is 0.0165. The molecule has 0 spiro atoms. The molecule has 0 aromatic heterocycles. The normalized spacial score (nSPS) is 11.1. The molecule has 0 saturated heterocycles. The molecule has 0 aromatic carbocycles. The van der Waals surface area contributed by atoms with Crippen molar-refractivity contribution in [3.05, 3.63) is 0 Å². The number of hydrogen-bond donors (Lipinski definition) is 2. The Balaban J connectivity index is 3.46. The Morgan fingerprint density at radius 1 is 0.633 bits per heavy atom. The van der Waals surface area contributed by atoms with Crippen LogP contribution in [0.5, 0.6) is 0 Å². The quantitative estimate of drug-likeness (QED) is 0.244. The van der Waals surface area contributed by atoms with Crippen molar-refractivity contribution in [2.75, 3.05) is 86.1 Å². The summed E-state index contributed by atoms with van der Waals surface area (Å²) in [7, 11) is 1.90. The maximum absolute atomic E-state index is 11.8. The van der Waals surface area contributed by atoms with Gasteiger partial charge in [0, 0.05) is 52.2 Å². The van der Waals surface area contributed by atoms with Crippen molar-refractivity contribution in [1.82, 2.24) is 15.5 Å². The number of nitrogens with one attached hydrogen (secondary N) is 2. The number of rotatable bonds is 22. The Kier molecular flexibility index (Phi) is 21.5. The van der Waals surface area contributed by atoms with E-state index < -0.39 is 0 Å². The zero-order valence-corrected chi connectivity index (χ0v) is 19.2. The molecule has 0 atom stereocenters. The standard InChI is InChI=1S/C21H43N3O6/c1-4-12-27-16-18-29-14-8-22-20(25)6-10-24(3)11-7-21(26)23-9-15-30-19-17-28-13-5-2/h4-19H2,1-3H3,(H,22,25)(H,23,26). The van der Waals surface area contributed by atoms with Gasteiger partial charge in [0.2, 0.25) is 11.8 Å². The summed E-state index contributed by atoms with van der Waals surface area (Å²) in [5, 5.41) is 5.65. The van der Waals surface area contributed by atoms with Gasteiger partial charge >= 0.3 is 0 Å². The van der Waals surface area contributed by atoms with E-state index in [1.54, 1.807) is 0 Å². The van der Waals surface area contributed by atoms with E-state index in [0.717, 1.165) is 26.1 Å². The van der Waals surface area contributed by atoms with E-state index in [-0.39, 0.29) is 11.8 Å². The highest BCUT2D eigenvalue weighted by molar-refractivity contribution is 5.76. The first-order valence-electron chi connectivity index (χ1n) is 11.1. The van der Waals surface area contributed by atoms with E-state index in [4.69, 9.17) is 18.9 Å². The molecular weight excluding hydrogens is 390 g/mol. The molecule has 0 radical (unpaired) electrons. The van der Waals surface area contributed by atoms with Gasteiger partial charge in [-0.05, 0) is 19.9 Å². The van der Waals surface area contributed by atoms with Gasteiger partial charge in [0.1, 0.15) is 0 Å². The van der Waals surface area contributed by atoms with Crippen LogP contribution in [0.3, 0.4) is 0 Å². The van der Waals surface area contributed by atoms with Crippen LogP contribution in [0, 0.1) is 0 Å². The van der Waals surface area contributed by atoms with Gasteiger partial charge in [0.25, 0.3) is 0 Å². The lowest BCUT2D eigenvalue weighted by atomic mass is 10.3. The minimum atomic E-state index is -0.0165. The fourth-order valence-electron chi connectivity index (χ4n) is 2.33. The third-order valence-electron chi connectivity index (χ3n) is 4.02. The SMILES string of the molecule is CCCOCCOCCNC(=O)CCN(C)CCC(=O)NCCOCCOCCC. The van der Waals surface area contributed by atoms with Crippen LogP contribution in [0.2, 0.25) is 0 Å². The molecular formula is C21H43N3O6. The molecule has 0 fully saturated rings. The second-order valence-corrected chi connectivity index (χ2v) is 6.95. The molecule has 0 heterocycles. The second kappa shape index (κ2) is 22.4. The Bertz CT molecular complexity index is 376. The number of ether oxygens (including phenoxy) is 4. The van der Waals surface area contributed by atoms with Crippen LogP contribution in [-0.4, -0.2) is 103 Å². The largest absolute Gasteiger partial charge is 0.379 e. The molecule has 0 aliphatic heterocycles. The molecule has 2 N–H and O–H groups in total. The monoisotopic (exact) mass is 433 g/mol. The summed E-state index contributed by atoms with van der Waals surface area (Å²) in [6.07, 6.45) is 2.79. The van der Waals surface area contributed by atoms with Gasteiger partial charge in [-0.2, -0.15) is 0 Å². The molecule has 30 heavy (non-hydrogen) atoms. The molecule has 178 valence electrons. The van der Waals surface area contributed by atoms with E-state index in [1.165, 1.54) is 0 Å². The Hall–Kier alpha value is -1.26. The van der Waals surface area contributed by atoms with E-state index in [1.807, 2.05) is 11.9 Å². The molecule has 9 nitrogen and oxygen atoms in total. The predicted octanol–water partition coefficient (Wildman–Crippen LogP) is 0.817. The molecule has 0 aromatic rings. The Morgan fingerprint density at radius 2 is 1.00 bits per heavy atom. The van der Waals surface area contributed by atoms with Crippen LogP contribution >= 0.6 is 0 Å². The van der Waals surface area contributed by atoms with Crippen LogP contribution < -0.4 is 10.6 Å². The van der Waals surface area contributed by atoms with Crippen LogP contribution in [0.1, 0.15) is 39.5 Å². The number of carbonyl (C=O) groups excluding carboxylic acids is 2. The predicted molar refractivity (Wildman–Crippen MR) is 117 cm³/mol. The Labute approximate surface area is 182 Å². The average Bonchev–Trinajstić information content (AvgIpc) is 2.74. The van der Waals surface area contributed by atoms with Gasteiger partial charge in [-0.15, -0.1) is 0 Å². The van der Waals surface area contributed by atoms with Crippen molar-refractivity contribution in [3.63, 3.8) is 0 Å². The average molecular weight is 434 g/mol. The molecule has 2 amide bonds. The molecule has 0 aliphatic rings. The van der Waals surface area contributed by atoms with Crippen molar-refractivity contribution in [3.8, 4) is 0 Å². The van der Waals surface area contributed by atoms with Crippen LogP contribution in [0.25, 0.3) is 0 Å². The first kappa shape index (κ1) is 28.7. The second-order valence-electron chi connectivity index (χ2n) is 6.95. The highest BCUT2D eigenvalue weighted by atomic mass is 16.5. The van der Waals surface area contributed by atoms with Gasteiger partial charge in [-0.3, -0.25) is 9.59 Å².